The highest BCUT2D eigenvalue weighted by Gasteiger charge is 2.44. The number of hydrogen-bond donors (Lipinski definition) is 0. The van der Waals surface area contributed by atoms with Crippen molar-refractivity contribution in [3.05, 3.63) is 163 Å². The second-order valence-electron chi connectivity index (χ2n) is 20.0. The summed E-state index contributed by atoms with van der Waals surface area (Å²) in [5.41, 5.74) is 18.9. The zero-order valence-electron chi connectivity index (χ0n) is 37.5. The van der Waals surface area contributed by atoms with E-state index in [9.17, 15) is 0 Å². The largest absolute Gasteiger partial charge is 0.462 e. The van der Waals surface area contributed by atoms with Gasteiger partial charge in [0.05, 0.1) is 0 Å². The SMILES string of the molecule is CC1OC1Oc1ccc(-c2cccc(B3c4ccc(C(C)(C)C)cc4N4c5ccc(-c6ccc(OC7OC7C)cc6)cc5B(c5ccc(C(C)(C)C)cc5)c5cccc3c54)c2)cc1. The maximum Gasteiger partial charge on any atom is 0.246 e. The smallest absolute Gasteiger partial charge is 0.246 e. The Morgan fingerprint density at radius 1 is 0.444 bits per heavy atom. The standard InChI is InChI=1S/C56H53B2NO4/c1-34-53(60-34)62-44-25-15-36(16-26-44)38-11-9-12-43(31-38)58-46-29-22-41(56(6,7)8)33-51(46)59-50-30-19-39(37-17-27-45(28-18-37)63-54-35(2)61-54)32-49(50)57(47-13-10-14-48(58)52(47)59)42-23-20-40(21-24-42)55(3,4)5/h9-35,53-54H,1-8H3. The van der Waals surface area contributed by atoms with Gasteiger partial charge in [0.25, 0.3) is 0 Å². The number of anilines is 3. The van der Waals surface area contributed by atoms with Crippen LogP contribution in [-0.2, 0) is 20.3 Å². The van der Waals surface area contributed by atoms with E-state index in [2.05, 4.69) is 198 Å². The number of hydrogen-bond acceptors (Lipinski definition) is 5. The lowest BCUT2D eigenvalue weighted by atomic mass is 9.30. The number of rotatable bonds is 8. The zero-order valence-corrected chi connectivity index (χ0v) is 37.5. The fourth-order valence-electron chi connectivity index (χ4n) is 9.72. The lowest BCUT2D eigenvalue weighted by Crippen LogP contribution is -2.65. The fraction of sp³-hybridized carbons (Fsp3) is 0.250. The van der Waals surface area contributed by atoms with Gasteiger partial charge in [0.2, 0.25) is 26.0 Å². The van der Waals surface area contributed by atoms with Gasteiger partial charge in [-0.15, -0.1) is 0 Å². The van der Waals surface area contributed by atoms with Crippen molar-refractivity contribution in [1.29, 1.82) is 0 Å². The summed E-state index contributed by atoms with van der Waals surface area (Å²) in [5, 5.41) is 0. The van der Waals surface area contributed by atoms with Gasteiger partial charge in [-0.1, -0.05) is 168 Å². The third-order valence-electron chi connectivity index (χ3n) is 13.5. The van der Waals surface area contributed by atoms with Crippen LogP contribution < -0.4 is 47.2 Å². The Morgan fingerprint density at radius 2 is 0.952 bits per heavy atom. The maximum absolute atomic E-state index is 6.03. The molecule has 2 saturated heterocycles. The molecule has 63 heavy (non-hydrogen) atoms. The van der Waals surface area contributed by atoms with E-state index < -0.39 is 0 Å². The van der Waals surface area contributed by atoms with E-state index in [-0.39, 0.29) is 49.0 Å². The Labute approximate surface area is 373 Å². The predicted molar refractivity (Wildman–Crippen MR) is 262 cm³/mol. The van der Waals surface area contributed by atoms with Gasteiger partial charge < -0.3 is 23.8 Å². The molecular formula is C56H53B2NO4. The number of benzene rings is 7. The van der Waals surface area contributed by atoms with Crippen LogP contribution in [0.25, 0.3) is 22.3 Å². The molecule has 0 radical (unpaired) electrons. The molecule has 0 aliphatic carbocycles. The number of para-hydroxylation sites is 1. The summed E-state index contributed by atoms with van der Waals surface area (Å²) >= 11 is 0. The molecule has 0 N–H and O–H groups in total. The van der Waals surface area contributed by atoms with Gasteiger partial charge >= 0.3 is 0 Å². The Morgan fingerprint density at radius 3 is 1.51 bits per heavy atom. The van der Waals surface area contributed by atoms with Crippen molar-refractivity contribution in [2.75, 3.05) is 4.90 Å². The minimum atomic E-state index is -0.158. The fourth-order valence-corrected chi connectivity index (χ4v) is 9.72. The molecule has 4 unspecified atom stereocenters. The summed E-state index contributed by atoms with van der Waals surface area (Å²) in [6.07, 6.45) is -0.0279. The van der Waals surface area contributed by atoms with E-state index in [0.29, 0.717) is 0 Å². The van der Waals surface area contributed by atoms with Crippen LogP contribution in [0.5, 0.6) is 11.5 Å². The Bertz CT molecular complexity index is 2880. The lowest BCUT2D eigenvalue weighted by molar-refractivity contribution is 0.178. The normalized spacial score (nSPS) is 19.5. The third kappa shape index (κ3) is 7.25. The zero-order chi connectivity index (χ0) is 43.4. The molecule has 4 aliphatic rings. The van der Waals surface area contributed by atoms with Gasteiger partial charge in [-0.2, -0.15) is 0 Å². The molecule has 0 aromatic heterocycles. The molecule has 11 rings (SSSR count). The van der Waals surface area contributed by atoms with Gasteiger partial charge in [0.15, 0.2) is 0 Å². The third-order valence-corrected chi connectivity index (χ3v) is 13.5. The second kappa shape index (κ2) is 14.8. The van der Waals surface area contributed by atoms with Crippen LogP contribution >= 0.6 is 0 Å². The first kappa shape index (κ1) is 39.8. The maximum atomic E-state index is 6.03. The van der Waals surface area contributed by atoms with Crippen LogP contribution in [-0.4, -0.2) is 38.2 Å². The first-order valence-electron chi connectivity index (χ1n) is 22.6. The number of fused-ring (bicyclic) bond motifs is 4. The summed E-state index contributed by atoms with van der Waals surface area (Å²) in [4.78, 5) is 2.59. The van der Waals surface area contributed by atoms with Crippen LogP contribution in [0.4, 0.5) is 17.1 Å². The van der Waals surface area contributed by atoms with Crippen molar-refractivity contribution in [3.63, 3.8) is 0 Å². The average Bonchev–Trinajstić information content (AvgIpc) is 4.19. The molecule has 0 bridgehead atoms. The van der Waals surface area contributed by atoms with Gasteiger partial charge in [-0.25, -0.2) is 0 Å². The molecule has 0 saturated carbocycles. The summed E-state index contributed by atoms with van der Waals surface area (Å²) in [7, 11) is 0. The highest BCUT2D eigenvalue weighted by molar-refractivity contribution is 7.02. The van der Waals surface area contributed by atoms with Crippen molar-refractivity contribution in [1.82, 2.24) is 0 Å². The Hall–Kier alpha value is -6.01. The van der Waals surface area contributed by atoms with Crippen LogP contribution in [0, 0.1) is 0 Å². The van der Waals surface area contributed by atoms with E-state index in [1.165, 1.54) is 72.1 Å². The summed E-state index contributed by atoms with van der Waals surface area (Å²) < 4.78 is 23.1. The van der Waals surface area contributed by atoms with Gasteiger partial charge in [0, 0.05) is 17.1 Å². The molecule has 0 spiro atoms. The second-order valence-corrected chi connectivity index (χ2v) is 20.0. The quantitative estimate of drug-likeness (QED) is 0.113. The van der Waals surface area contributed by atoms with Crippen LogP contribution in [0.15, 0.2) is 152 Å². The topological polar surface area (TPSA) is 46.8 Å². The Balaban J connectivity index is 1.08. The average molecular weight is 826 g/mol. The highest BCUT2D eigenvalue weighted by atomic mass is 16.8. The number of ether oxygens (including phenoxy) is 4. The van der Waals surface area contributed by atoms with Crippen LogP contribution in [0.2, 0.25) is 0 Å². The van der Waals surface area contributed by atoms with Gasteiger partial charge in [-0.3, -0.25) is 0 Å². The molecule has 2 fully saturated rings. The van der Waals surface area contributed by atoms with E-state index in [0.717, 1.165) is 22.6 Å². The molecule has 4 heterocycles. The summed E-state index contributed by atoms with van der Waals surface area (Å²) in [6.45, 7) is 17.9. The first-order valence-corrected chi connectivity index (χ1v) is 22.6. The van der Waals surface area contributed by atoms with E-state index in [1.54, 1.807) is 0 Å². The van der Waals surface area contributed by atoms with Gasteiger partial charge in [0.1, 0.15) is 23.7 Å². The molecule has 5 nitrogen and oxygen atoms in total. The molecule has 7 aromatic rings. The van der Waals surface area contributed by atoms with Crippen molar-refractivity contribution in [3.8, 4) is 33.8 Å². The van der Waals surface area contributed by atoms with Gasteiger partial charge in [-0.05, 0) is 116 Å². The monoisotopic (exact) mass is 825 g/mol. The van der Waals surface area contributed by atoms with E-state index >= 15 is 0 Å². The van der Waals surface area contributed by atoms with Crippen LogP contribution in [0.3, 0.4) is 0 Å². The minimum Gasteiger partial charge on any atom is -0.462 e. The first-order chi connectivity index (χ1) is 30.3. The number of epoxide rings is 2. The van der Waals surface area contributed by atoms with E-state index in [4.69, 9.17) is 18.9 Å². The summed E-state index contributed by atoms with van der Waals surface area (Å²) in [5.74, 6) is 1.65. The predicted octanol–water partition coefficient (Wildman–Crippen LogP) is 8.99. The van der Waals surface area contributed by atoms with Crippen molar-refractivity contribution in [2.24, 2.45) is 0 Å². The lowest BCUT2D eigenvalue weighted by Gasteiger charge is -2.44. The van der Waals surface area contributed by atoms with Crippen molar-refractivity contribution >= 4 is 63.3 Å². The van der Waals surface area contributed by atoms with Crippen molar-refractivity contribution in [2.45, 2.75) is 91.0 Å². The molecule has 312 valence electrons. The Kier molecular flexibility index (Phi) is 9.35. The highest BCUT2D eigenvalue weighted by Crippen LogP contribution is 2.41. The molecule has 4 atom stereocenters. The summed E-state index contributed by atoms with van der Waals surface area (Å²) in [6, 6.07) is 56.8. The molecule has 0 amide bonds. The molecule has 7 heteroatoms. The minimum absolute atomic E-state index is 0.0142. The van der Waals surface area contributed by atoms with Crippen molar-refractivity contribution < 1.29 is 18.9 Å². The molecule has 7 aromatic carbocycles. The number of nitrogens with zero attached hydrogens (tertiary/aromatic N) is 1. The molecular weight excluding hydrogens is 772 g/mol. The van der Waals surface area contributed by atoms with E-state index in [1.807, 2.05) is 13.8 Å². The molecule has 4 aliphatic heterocycles. The van der Waals surface area contributed by atoms with Crippen LogP contribution in [0.1, 0.15) is 66.5 Å².